The van der Waals surface area contributed by atoms with Gasteiger partial charge < -0.3 is 16.2 Å². The van der Waals surface area contributed by atoms with Gasteiger partial charge in [0.1, 0.15) is 5.82 Å². The first-order valence-corrected chi connectivity index (χ1v) is 5.70. The minimum atomic E-state index is -0.183. The van der Waals surface area contributed by atoms with Crippen LogP contribution in [0.15, 0.2) is 18.3 Å². The molecule has 0 spiro atoms. The van der Waals surface area contributed by atoms with Crippen LogP contribution in [-0.2, 0) is 11.2 Å². The van der Waals surface area contributed by atoms with E-state index in [-0.39, 0.29) is 11.6 Å². The molecular formula is C12H19N3O. The normalized spacial score (nSPS) is 26.9. The number of ether oxygens (including phenoxy) is 1. The molecule has 1 saturated heterocycles. The number of rotatable bonds is 3. The molecule has 0 amide bonds. The number of anilines is 1. The van der Waals surface area contributed by atoms with Crippen LogP contribution in [0.5, 0.6) is 0 Å². The van der Waals surface area contributed by atoms with Crippen molar-refractivity contribution in [3.8, 4) is 0 Å². The molecule has 0 aromatic carbocycles. The third kappa shape index (κ3) is 2.33. The third-order valence-corrected chi connectivity index (χ3v) is 3.33. The van der Waals surface area contributed by atoms with Crippen LogP contribution in [0.1, 0.15) is 25.3 Å². The van der Waals surface area contributed by atoms with Crippen molar-refractivity contribution < 1.29 is 4.74 Å². The Morgan fingerprint density at radius 2 is 2.44 bits per heavy atom. The largest absolute Gasteiger partial charge is 0.384 e. The Balaban J connectivity index is 2.04. The van der Waals surface area contributed by atoms with Crippen LogP contribution >= 0.6 is 0 Å². The number of nitrogens with zero attached hydrogens (tertiary/aromatic N) is 1. The van der Waals surface area contributed by atoms with Gasteiger partial charge in [-0.3, -0.25) is 0 Å². The zero-order chi connectivity index (χ0) is 11.6. The minimum absolute atomic E-state index is 0.0109. The standard InChI is InChI=1S/C12H19N3O/c1-12(4-2-6-16-12)10(13)7-9-3-5-15-11(14)8-9/h3,5,8,10H,2,4,6-7,13H2,1H3,(H2,14,15). The van der Waals surface area contributed by atoms with Gasteiger partial charge in [-0.1, -0.05) is 0 Å². The Bertz CT molecular complexity index is 361. The molecule has 1 aromatic heterocycles. The van der Waals surface area contributed by atoms with E-state index < -0.39 is 0 Å². The van der Waals surface area contributed by atoms with Crippen molar-refractivity contribution in [2.24, 2.45) is 5.73 Å². The zero-order valence-corrected chi connectivity index (χ0v) is 9.65. The van der Waals surface area contributed by atoms with Gasteiger partial charge in [-0.2, -0.15) is 0 Å². The monoisotopic (exact) mass is 221 g/mol. The predicted octanol–water partition coefficient (Wildman–Crippen LogP) is 1.10. The molecule has 1 aromatic rings. The number of aromatic nitrogens is 1. The summed E-state index contributed by atoms with van der Waals surface area (Å²) in [5, 5.41) is 0. The summed E-state index contributed by atoms with van der Waals surface area (Å²) in [5.74, 6) is 0.544. The van der Waals surface area contributed by atoms with Gasteiger partial charge in [-0.25, -0.2) is 4.98 Å². The van der Waals surface area contributed by atoms with E-state index in [2.05, 4.69) is 11.9 Å². The quantitative estimate of drug-likeness (QED) is 0.801. The molecule has 1 aliphatic heterocycles. The number of pyridine rings is 1. The average molecular weight is 221 g/mol. The predicted molar refractivity (Wildman–Crippen MR) is 63.9 cm³/mol. The fourth-order valence-corrected chi connectivity index (χ4v) is 2.18. The molecule has 0 bridgehead atoms. The maximum atomic E-state index is 6.21. The lowest BCUT2D eigenvalue weighted by Crippen LogP contribution is -2.46. The first-order valence-electron chi connectivity index (χ1n) is 5.70. The summed E-state index contributed by atoms with van der Waals surface area (Å²) in [4.78, 5) is 3.97. The van der Waals surface area contributed by atoms with Gasteiger partial charge in [-0.05, 0) is 43.9 Å². The second-order valence-corrected chi connectivity index (χ2v) is 4.66. The summed E-state index contributed by atoms with van der Waals surface area (Å²) in [5.41, 5.74) is 12.8. The highest BCUT2D eigenvalue weighted by Gasteiger charge is 2.36. The van der Waals surface area contributed by atoms with Crippen LogP contribution in [0.4, 0.5) is 5.82 Å². The third-order valence-electron chi connectivity index (χ3n) is 3.33. The van der Waals surface area contributed by atoms with Crippen molar-refractivity contribution >= 4 is 5.82 Å². The van der Waals surface area contributed by atoms with Crippen molar-refractivity contribution in [1.82, 2.24) is 4.98 Å². The van der Waals surface area contributed by atoms with Gasteiger partial charge in [-0.15, -0.1) is 0 Å². The van der Waals surface area contributed by atoms with Gasteiger partial charge >= 0.3 is 0 Å². The summed E-state index contributed by atoms with van der Waals surface area (Å²) in [6.45, 7) is 2.91. The lowest BCUT2D eigenvalue weighted by Gasteiger charge is -2.30. The molecule has 88 valence electrons. The molecule has 16 heavy (non-hydrogen) atoms. The summed E-state index contributed by atoms with van der Waals surface area (Å²) >= 11 is 0. The molecule has 0 radical (unpaired) electrons. The molecular weight excluding hydrogens is 202 g/mol. The average Bonchev–Trinajstić information content (AvgIpc) is 2.66. The Morgan fingerprint density at radius 3 is 3.06 bits per heavy atom. The van der Waals surface area contributed by atoms with Gasteiger partial charge in [0.05, 0.1) is 5.60 Å². The Hall–Kier alpha value is -1.13. The van der Waals surface area contributed by atoms with Gasteiger partial charge in [0.2, 0.25) is 0 Å². The van der Waals surface area contributed by atoms with E-state index in [1.807, 2.05) is 12.1 Å². The minimum Gasteiger partial charge on any atom is -0.384 e. The van der Waals surface area contributed by atoms with E-state index in [1.165, 1.54) is 0 Å². The van der Waals surface area contributed by atoms with Gasteiger partial charge in [0, 0.05) is 18.8 Å². The van der Waals surface area contributed by atoms with Crippen molar-refractivity contribution in [3.05, 3.63) is 23.9 Å². The molecule has 4 nitrogen and oxygen atoms in total. The van der Waals surface area contributed by atoms with E-state index in [4.69, 9.17) is 16.2 Å². The van der Waals surface area contributed by atoms with Crippen LogP contribution in [0.2, 0.25) is 0 Å². The van der Waals surface area contributed by atoms with Crippen molar-refractivity contribution in [2.45, 2.75) is 37.8 Å². The molecule has 2 heterocycles. The number of nitrogen functional groups attached to an aromatic ring is 1. The number of hydrogen-bond donors (Lipinski definition) is 2. The molecule has 2 rings (SSSR count). The second kappa shape index (κ2) is 4.39. The zero-order valence-electron chi connectivity index (χ0n) is 9.65. The fourth-order valence-electron chi connectivity index (χ4n) is 2.18. The van der Waals surface area contributed by atoms with Crippen molar-refractivity contribution in [1.29, 1.82) is 0 Å². The first-order chi connectivity index (χ1) is 7.60. The highest BCUT2D eigenvalue weighted by atomic mass is 16.5. The van der Waals surface area contributed by atoms with Crippen LogP contribution in [0.25, 0.3) is 0 Å². The van der Waals surface area contributed by atoms with Crippen molar-refractivity contribution in [2.75, 3.05) is 12.3 Å². The van der Waals surface area contributed by atoms with E-state index >= 15 is 0 Å². The lowest BCUT2D eigenvalue weighted by molar-refractivity contribution is -0.000905. The maximum absolute atomic E-state index is 6.21. The van der Waals surface area contributed by atoms with E-state index in [9.17, 15) is 0 Å². The fraction of sp³-hybridized carbons (Fsp3) is 0.583. The topological polar surface area (TPSA) is 74.2 Å². The molecule has 1 fully saturated rings. The smallest absolute Gasteiger partial charge is 0.123 e. The molecule has 4 heteroatoms. The molecule has 1 aliphatic rings. The Morgan fingerprint density at radius 1 is 1.62 bits per heavy atom. The highest BCUT2D eigenvalue weighted by molar-refractivity contribution is 5.32. The van der Waals surface area contributed by atoms with Crippen LogP contribution in [0, 0.1) is 0 Å². The highest BCUT2D eigenvalue weighted by Crippen LogP contribution is 2.29. The summed E-state index contributed by atoms with van der Waals surface area (Å²) in [6.07, 6.45) is 4.63. The summed E-state index contributed by atoms with van der Waals surface area (Å²) < 4.78 is 5.73. The van der Waals surface area contributed by atoms with Crippen molar-refractivity contribution in [3.63, 3.8) is 0 Å². The Kier molecular flexibility index (Phi) is 3.12. The van der Waals surface area contributed by atoms with Crippen LogP contribution < -0.4 is 11.5 Å². The maximum Gasteiger partial charge on any atom is 0.123 e. The van der Waals surface area contributed by atoms with Gasteiger partial charge in [0.15, 0.2) is 0 Å². The summed E-state index contributed by atoms with van der Waals surface area (Å²) in [7, 11) is 0. The lowest BCUT2D eigenvalue weighted by atomic mass is 9.89. The van der Waals surface area contributed by atoms with Crippen LogP contribution in [0.3, 0.4) is 0 Å². The van der Waals surface area contributed by atoms with Crippen LogP contribution in [-0.4, -0.2) is 23.2 Å². The van der Waals surface area contributed by atoms with E-state index in [0.29, 0.717) is 5.82 Å². The van der Waals surface area contributed by atoms with E-state index in [0.717, 1.165) is 31.4 Å². The molecule has 2 unspecified atom stereocenters. The first kappa shape index (κ1) is 11.4. The molecule has 0 saturated carbocycles. The molecule has 4 N–H and O–H groups in total. The summed E-state index contributed by atoms with van der Waals surface area (Å²) in [6, 6.07) is 3.84. The Labute approximate surface area is 96.0 Å². The number of nitrogens with two attached hydrogens (primary N) is 2. The number of hydrogen-bond acceptors (Lipinski definition) is 4. The second-order valence-electron chi connectivity index (χ2n) is 4.66. The molecule has 0 aliphatic carbocycles. The van der Waals surface area contributed by atoms with Gasteiger partial charge in [0.25, 0.3) is 0 Å². The SMILES string of the molecule is CC1(C(N)Cc2ccnc(N)c2)CCCO1. The van der Waals surface area contributed by atoms with E-state index in [1.54, 1.807) is 6.20 Å². The molecule has 2 atom stereocenters.